The largest absolute Gasteiger partial charge is 0.507 e. The van der Waals surface area contributed by atoms with E-state index < -0.39 is 0 Å². The van der Waals surface area contributed by atoms with Gasteiger partial charge < -0.3 is 20.1 Å². The number of phenols is 1. The fourth-order valence-electron chi connectivity index (χ4n) is 1.94. The van der Waals surface area contributed by atoms with Crippen LogP contribution >= 0.6 is 0 Å². The quantitative estimate of drug-likeness (QED) is 0.793. The van der Waals surface area contributed by atoms with Gasteiger partial charge in [-0.3, -0.25) is 4.79 Å². The van der Waals surface area contributed by atoms with Gasteiger partial charge in [-0.25, -0.2) is 0 Å². The highest BCUT2D eigenvalue weighted by Gasteiger charge is 2.13. The standard InChI is InChI=1S/C14H18N2O3/c1-19-12-4-2-11(13(17)10-12)3-5-14(18)16-8-6-15-7-9-16/h2-5,10,15,17H,6-9H2,1H3. The first-order chi connectivity index (χ1) is 9.20. The van der Waals surface area contributed by atoms with Crippen molar-refractivity contribution in [2.24, 2.45) is 0 Å². The second kappa shape index (κ2) is 6.24. The number of carbonyl (C=O) groups excluding carboxylic acids is 1. The highest BCUT2D eigenvalue weighted by molar-refractivity contribution is 5.92. The predicted octanol–water partition coefficient (Wildman–Crippen LogP) is 0.846. The van der Waals surface area contributed by atoms with Gasteiger partial charge in [-0.1, -0.05) is 0 Å². The van der Waals surface area contributed by atoms with Gasteiger partial charge in [0.2, 0.25) is 5.91 Å². The number of benzene rings is 1. The number of nitrogens with zero attached hydrogens (tertiary/aromatic N) is 1. The Balaban J connectivity index is 2.03. The van der Waals surface area contributed by atoms with Crippen LogP contribution in [0.3, 0.4) is 0 Å². The van der Waals surface area contributed by atoms with Crippen LogP contribution in [0, 0.1) is 0 Å². The average Bonchev–Trinajstić information content (AvgIpc) is 2.46. The number of ether oxygens (including phenoxy) is 1. The number of amides is 1. The Hall–Kier alpha value is -2.01. The molecule has 102 valence electrons. The van der Waals surface area contributed by atoms with E-state index in [1.807, 2.05) is 0 Å². The van der Waals surface area contributed by atoms with Crippen molar-refractivity contribution in [3.63, 3.8) is 0 Å². The van der Waals surface area contributed by atoms with E-state index >= 15 is 0 Å². The Morgan fingerprint density at radius 2 is 2.16 bits per heavy atom. The third-order valence-electron chi connectivity index (χ3n) is 3.07. The smallest absolute Gasteiger partial charge is 0.246 e. The van der Waals surface area contributed by atoms with E-state index in [1.165, 1.54) is 19.3 Å². The molecular formula is C14H18N2O3. The Morgan fingerprint density at radius 3 is 2.79 bits per heavy atom. The van der Waals surface area contributed by atoms with Crippen molar-refractivity contribution < 1.29 is 14.6 Å². The lowest BCUT2D eigenvalue weighted by Gasteiger charge is -2.26. The van der Waals surface area contributed by atoms with E-state index in [0.717, 1.165) is 26.2 Å². The van der Waals surface area contributed by atoms with E-state index in [9.17, 15) is 9.90 Å². The molecule has 1 heterocycles. The molecule has 0 spiro atoms. The molecule has 1 aromatic carbocycles. The second-order valence-electron chi connectivity index (χ2n) is 4.33. The molecule has 5 heteroatoms. The summed E-state index contributed by atoms with van der Waals surface area (Å²) in [5.74, 6) is 0.656. The number of phenolic OH excluding ortho intramolecular Hbond substituents is 1. The average molecular weight is 262 g/mol. The van der Waals surface area contributed by atoms with Gasteiger partial charge in [0.1, 0.15) is 11.5 Å². The Morgan fingerprint density at radius 1 is 1.42 bits per heavy atom. The number of methoxy groups -OCH3 is 1. The summed E-state index contributed by atoms with van der Waals surface area (Å²) in [5.41, 5.74) is 0.601. The molecule has 0 bridgehead atoms. The van der Waals surface area contributed by atoms with E-state index in [1.54, 1.807) is 23.1 Å². The molecule has 19 heavy (non-hydrogen) atoms. The van der Waals surface area contributed by atoms with Crippen LogP contribution in [0.2, 0.25) is 0 Å². The molecule has 0 atom stereocenters. The van der Waals surface area contributed by atoms with Crippen LogP contribution in [0.15, 0.2) is 24.3 Å². The highest BCUT2D eigenvalue weighted by atomic mass is 16.5. The van der Waals surface area contributed by atoms with Crippen molar-refractivity contribution in [2.45, 2.75) is 0 Å². The summed E-state index contributed by atoms with van der Waals surface area (Å²) in [6.07, 6.45) is 3.12. The number of hydrogen-bond donors (Lipinski definition) is 2. The molecule has 1 saturated heterocycles. The van der Waals surface area contributed by atoms with Crippen LogP contribution in [0.25, 0.3) is 6.08 Å². The van der Waals surface area contributed by atoms with Gasteiger partial charge >= 0.3 is 0 Å². The summed E-state index contributed by atoms with van der Waals surface area (Å²) in [6.45, 7) is 3.09. The normalized spacial score (nSPS) is 15.7. The first-order valence-corrected chi connectivity index (χ1v) is 6.25. The fraction of sp³-hybridized carbons (Fsp3) is 0.357. The monoisotopic (exact) mass is 262 g/mol. The number of hydrogen-bond acceptors (Lipinski definition) is 4. The van der Waals surface area contributed by atoms with Gasteiger partial charge in [-0.05, 0) is 18.2 Å². The van der Waals surface area contributed by atoms with Crippen LogP contribution in [0.1, 0.15) is 5.56 Å². The van der Waals surface area contributed by atoms with Gasteiger partial charge in [-0.2, -0.15) is 0 Å². The molecule has 1 aliphatic heterocycles. The zero-order valence-electron chi connectivity index (χ0n) is 10.9. The van der Waals surface area contributed by atoms with Crippen LogP contribution in [0.5, 0.6) is 11.5 Å². The van der Waals surface area contributed by atoms with Crippen LogP contribution in [-0.2, 0) is 4.79 Å². The van der Waals surface area contributed by atoms with Crippen molar-refractivity contribution in [1.29, 1.82) is 0 Å². The van der Waals surface area contributed by atoms with E-state index in [0.29, 0.717) is 11.3 Å². The molecular weight excluding hydrogens is 244 g/mol. The van der Waals surface area contributed by atoms with Gasteiger partial charge in [0, 0.05) is 43.9 Å². The van der Waals surface area contributed by atoms with Gasteiger partial charge in [0.25, 0.3) is 0 Å². The summed E-state index contributed by atoms with van der Waals surface area (Å²) < 4.78 is 5.00. The second-order valence-corrected chi connectivity index (χ2v) is 4.33. The van der Waals surface area contributed by atoms with Gasteiger partial charge in [-0.15, -0.1) is 0 Å². The van der Waals surface area contributed by atoms with Crippen molar-refractivity contribution in [3.05, 3.63) is 29.8 Å². The molecule has 0 aromatic heterocycles. The van der Waals surface area contributed by atoms with E-state index in [-0.39, 0.29) is 11.7 Å². The van der Waals surface area contributed by atoms with Crippen LogP contribution in [0.4, 0.5) is 0 Å². The van der Waals surface area contributed by atoms with Crippen LogP contribution in [-0.4, -0.2) is 49.2 Å². The summed E-state index contributed by atoms with van der Waals surface area (Å²) in [6, 6.07) is 4.99. The minimum atomic E-state index is -0.0308. The molecule has 2 N–H and O–H groups in total. The maximum atomic E-state index is 11.9. The molecule has 0 saturated carbocycles. The summed E-state index contributed by atoms with van der Waals surface area (Å²) in [5, 5.41) is 13.0. The van der Waals surface area contributed by atoms with Gasteiger partial charge in [0.15, 0.2) is 0 Å². The Labute approximate surface area is 112 Å². The van der Waals surface area contributed by atoms with Crippen molar-refractivity contribution in [3.8, 4) is 11.5 Å². The molecule has 1 fully saturated rings. The number of carbonyl (C=O) groups is 1. The van der Waals surface area contributed by atoms with Crippen LogP contribution < -0.4 is 10.1 Å². The predicted molar refractivity (Wildman–Crippen MR) is 73.1 cm³/mol. The maximum absolute atomic E-state index is 11.9. The fourth-order valence-corrected chi connectivity index (χ4v) is 1.94. The summed E-state index contributed by atoms with van der Waals surface area (Å²) in [4.78, 5) is 13.7. The highest BCUT2D eigenvalue weighted by Crippen LogP contribution is 2.24. The zero-order chi connectivity index (χ0) is 13.7. The number of aromatic hydroxyl groups is 1. The molecule has 0 radical (unpaired) electrons. The molecule has 2 rings (SSSR count). The molecule has 0 unspecified atom stereocenters. The van der Waals surface area contributed by atoms with Crippen molar-refractivity contribution in [1.82, 2.24) is 10.2 Å². The lowest BCUT2D eigenvalue weighted by atomic mass is 10.1. The van der Waals surface area contributed by atoms with Crippen molar-refractivity contribution in [2.75, 3.05) is 33.3 Å². The van der Waals surface area contributed by atoms with E-state index in [2.05, 4.69) is 5.32 Å². The number of rotatable bonds is 3. The molecule has 5 nitrogen and oxygen atoms in total. The molecule has 1 amide bonds. The first kappa shape index (κ1) is 13.4. The van der Waals surface area contributed by atoms with E-state index in [4.69, 9.17) is 4.74 Å². The number of piperazine rings is 1. The minimum absolute atomic E-state index is 0.0308. The first-order valence-electron chi connectivity index (χ1n) is 6.25. The van der Waals surface area contributed by atoms with Gasteiger partial charge in [0.05, 0.1) is 7.11 Å². The lowest BCUT2D eigenvalue weighted by Crippen LogP contribution is -2.45. The molecule has 0 aliphatic carbocycles. The summed E-state index contributed by atoms with van der Waals surface area (Å²) >= 11 is 0. The third kappa shape index (κ3) is 3.48. The third-order valence-corrected chi connectivity index (χ3v) is 3.07. The Bertz CT molecular complexity index is 480. The summed E-state index contributed by atoms with van der Waals surface area (Å²) in [7, 11) is 1.54. The topological polar surface area (TPSA) is 61.8 Å². The molecule has 1 aliphatic rings. The lowest BCUT2D eigenvalue weighted by molar-refractivity contribution is -0.126. The Kier molecular flexibility index (Phi) is 4.41. The van der Waals surface area contributed by atoms with Crippen molar-refractivity contribution >= 4 is 12.0 Å². The number of nitrogens with one attached hydrogen (secondary N) is 1. The maximum Gasteiger partial charge on any atom is 0.246 e. The minimum Gasteiger partial charge on any atom is -0.507 e. The zero-order valence-corrected chi connectivity index (χ0v) is 10.9. The SMILES string of the molecule is COc1ccc(C=CC(=O)N2CCNCC2)c(O)c1. The molecule has 1 aromatic rings.